The topological polar surface area (TPSA) is 105 Å². The Bertz CT molecular complexity index is 933. The second kappa shape index (κ2) is 10.2. The lowest BCUT2D eigenvalue weighted by molar-refractivity contribution is -0.118. The predicted molar refractivity (Wildman–Crippen MR) is 119 cm³/mol. The summed E-state index contributed by atoms with van der Waals surface area (Å²) in [5.41, 5.74) is 1.61. The molecular formula is C21H30ClN3O5S. The van der Waals surface area contributed by atoms with Gasteiger partial charge in [-0.2, -0.15) is 0 Å². The van der Waals surface area contributed by atoms with Gasteiger partial charge in [-0.15, -0.1) is 0 Å². The molecule has 3 rings (SSSR count). The molecule has 3 amide bonds. The highest BCUT2D eigenvalue weighted by atomic mass is 35.5. The summed E-state index contributed by atoms with van der Waals surface area (Å²) in [6, 6.07) is 2.81. The first-order valence-corrected chi connectivity index (χ1v) is 12.7. The lowest BCUT2D eigenvalue weighted by Gasteiger charge is -2.18. The van der Waals surface area contributed by atoms with Crippen molar-refractivity contribution in [1.29, 1.82) is 0 Å². The number of ether oxygens (including phenoxy) is 1. The molecule has 2 N–H and O–H groups in total. The van der Waals surface area contributed by atoms with E-state index < -0.39 is 16.1 Å². The predicted octanol–water partition coefficient (Wildman–Crippen LogP) is 3.14. The van der Waals surface area contributed by atoms with Crippen LogP contribution in [0.1, 0.15) is 56.2 Å². The summed E-state index contributed by atoms with van der Waals surface area (Å²) >= 11 is 6.35. The van der Waals surface area contributed by atoms with Gasteiger partial charge in [0.05, 0.1) is 12.4 Å². The van der Waals surface area contributed by atoms with Gasteiger partial charge >= 0.3 is 6.03 Å². The van der Waals surface area contributed by atoms with Crippen LogP contribution in [-0.2, 0) is 14.8 Å². The Labute approximate surface area is 188 Å². The van der Waals surface area contributed by atoms with Crippen LogP contribution in [-0.4, -0.2) is 50.7 Å². The van der Waals surface area contributed by atoms with Crippen molar-refractivity contribution in [3.8, 4) is 5.75 Å². The van der Waals surface area contributed by atoms with Crippen LogP contribution in [0.2, 0.25) is 5.02 Å². The first-order chi connectivity index (χ1) is 14.6. The van der Waals surface area contributed by atoms with Gasteiger partial charge in [0.1, 0.15) is 12.3 Å². The Morgan fingerprint density at radius 1 is 1.26 bits per heavy atom. The van der Waals surface area contributed by atoms with Crippen LogP contribution >= 0.6 is 11.6 Å². The van der Waals surface area contributed by atoms with Crippen molar-refractivity contribution < 1.29 is 22.7 Å². The normalized spacial score (nSPS) is 17.7. The molecule has 1 aromatic rings. The SMILES string of the molecule is Cc1c(Cl)cc([C@@H](C)NS(=O)(=O)CCCCCN2CC(=O)NC2=O)cc1OCC1CC1. The second-order valence-electron chi connectivity index (χ2n) is 8.37. The molecule has 1 saturated heterocycles. The highest BCUT2D eigenvalue weighted by Gasteiger charge is 2.26. The molecule has 1 aliphatic carbocycles. The van der Waals surface area contributed by atoms with Crippen molar-refractivity contribution in [2.75, 3.05) is 25.4 Å². The number of benzene rings is 1. The summed E-state index contributed by atoms with van der Waals surface area (Å²) in [7, 11) is -3.48. The third kappa shape index (κ3) is 7.08. The maximum absolute atomic E-state index is 12.5. The van der Waals surface area contributed by atoms with Gasteiger partial charge in [0.15, 0.2) is 0 Å². The van der Waals surface area contributed by atoms with E-state index in [1.165, 1.54) is 17.7 Å². The van der Waals surface area contributed by atoms with Gasteiger partial charge in [0.25, 0.3) is 0 Å². The summed E-state index contributed by atoms with van der Waals surface area (Å²) in [5, 5.41) is 2.78. The van der Waals surface area contributed by atoms with Crippen LogP contribution in [0, 0.1) is 12.8 Å². The number of carbonyl (C=O) groups is 2. The minimum absolute atomic E-state index is 0.00685. The summed E-state index contributed by atoms with van der Waals surface area (Å²) in [6.07, 6.45) is 4.12. The lowest BCUT2D eigenvalue weighted by atomic mass is 10.1. The third-order valence-corrected chi connectivity index (χ3v) is 7.49. The summed E-state index contributed by atoms with van der Waals surface area (Å²) in [5.74, 6) is 0.999. The molecule has 0 radical (unpaired) electrons. The molecule has 172 valence electrons. The summed E-state index contributed by atoms with van der Waals surface area (Å²) in [4.78, 5) is 24.1. The van der Waals surface area contributed by atoms with Crippen molar-refractivity contribution >= 4 is 33.6 Å². The van der Waals surface area contributed by atoms with E-state index in [1.54, 1.807) is 13.0 Å². The minimum Gasteiger partial charge on any atom is -0.493 e. The smallest absolute Gasteiger partial charge is 0.324 e. The molecule has 1 aliphatic heterocycles. The van der Waals surface area contributed by atoms with E-state index in [0.717, 1.165) is 11.1 Å². The largest absolute Gasteiger partial charge is 0.493 e. The Balaban J connectivity index is 1.46. The number of carbonyl (C=O) groups excluding carboxylic acids is 2. The maximum atomic E-state index is 12.5. The summed E-state index contributed by atoms with van der Waals surface area (Å²) in [6.45, 7) is 4.85. The van der Waals surface area contributed by atoms with Crippen molar-refractivity contribution in [3.63, 3.8) is 0 Å². The van der Waals surface area contributed by atoms with Crippen LogP contribution in [0.5, 0.6) is 5.75 Å². The zero-order chi connectivity index (χ0) is 22.6. The highest BCUT2D eigenvalue weighted by molar-refractivity contribution is 7.89. The van der Waals surface area contributed by atoms with E-state index in [0.29, 0.717) is 49.1 Å². The number of unbranched alkanes of at least 4 members (excludes halogenated alkanes) is 2. The first-order valence-electron chi connectivity index (χ1n) is 10.7. The Hall–Kier alpha value is -1.84. The standard InChI is InChI=1S/C21H30ClN3O5S/c1-14-18(22)10-17(11-19(14)30-13-16-6-7-16)15(2)24-31(28,29)9-5-3-4-8-25-12-20(26)23-21(25)27/h10-11,15-16,24H,3-9,12-13H2,1-2H3,(H,23,26,27)/t15-/m1/s1. The fraction of sp³-hybridized carbons (Fsp3) is 0.619. The van der Waals surface area contributed by atoms with E-state index in [9.17, 15) is 18.0 Å². The number of amides is 3. The number of hydrogen-bond donors (Lipinski definition) is 2. The zero-order valence-electron chi connectivity index (χ0n) is 17.9. The first kappa shape index (κ1) is 23.8. The fourth-order valence-corrected chi connectivity index (χ4v) is 4.99. The number of nitrogens with zero attached hydrogens (tertiary/aromatic N) is 1. The molecule has 2 fully saturated rings. The quantitative estimate of drug-likeness (QED) is 0.360. The number of halogens is 1. The number of rotatable bonds is 12. The molecule has 0 bridgehead atoms. The van der Waals surface area contributed by atoms with Crippen molar-refractivity contribution in [2.24, 2.45) is 5.92 Å². The van der Waals surface area contributed by atoms with Gasteiger partial charge < -0.3 is 9.64 Å². The van der Waals surface area contributed by atoms with Crippen LogP contribution in [0.4, 0.5) is 4.79 Å². The van der Waals surface area contributed by atoms with E-state index in [2.05, 4.69) is 10.0 Å². The van der Waals surface area contributed by atoms with Crippen LogP contribution in [0.25, 0.3) is 0 Å². The van der Waals surface area contributed by atoms with Crippen LogP contribution in [0.15, 0.2) is 12.1 Å². The molecule has 0 aromatic heterocycles. The maximum Gasteiger partial charge on any atom is 0.324 e. The van der Waals surface area contributed by atoms with Crippen LogP contribution < -0.4 is 14.8 Å². The van der Waals surface area contributed by atoms with Gasteiger partial charge in [-0.3, -0.25) is 10.1 Å². The van der Waals surface area contributed by atoms with Crippen molar-refractivity contribution in [3.05, 3.63) is 28.3 Å². The minimum atomic E-state index is -3.48. The molecule has 1 atom stereocenters. The van der Waals surface area contributed by atoms with Gasteiger partial charge in [-0.05, 0) is 63.1 Å². The van der Waals surface area contributed by atoms with Crippen molar-refractivity contribution in [1.82, 2.24) is 14.9 Å². The van der Waals surface area contributed by atoms with E-state index >= 15 is 0 Å². The number of nitrogens with one attached hydrogen (secondary N) is 2. The van der Waals surface area contributed by atoms with E-state index in [4.69, 9.17) is 16.3 Å². The van der Waals surface area contributed by atoms with Gasteiger partial charge in [-0.25, -0.2) is 17.9 Å². The molecule has 2 aliphatic rings. The summed E-state index contributed by atoms with van der Waals surface area (Å²) < 4.78 is 33.6. The molecule has 1 aromatic carbocycles. The zero-order valence-corrected chi connectivity index (χ0v) is 19.5. The molecule has 0 unspecified atom stereocenters. The number of sulfonamides is 1. The molecule has 0 spiro atoms. The molecule has 8 nitrogen and oxygen atoms in total. The number of hydrogen-bond acceptors (Lipinski definition) is 5. The van der Waals surface area contributed by atoms with Gasteiger partial charge in [-0.1, -0.05) is 18.0 Å². The highest BCUT2D eigenvalue weighted by Crippen LogP contribution is 2.34. The Morgan fingerprint density at radius 3 is 2.65 bits per heavy atom. The molecule has 1 saturated carbocycles. The average Bonchev–Trinajstić information content (AvgIpc) is 3.46. The molecular weight excluding hydrogens is 442 g/mol. The Kier molecular flexibility index (Phi) is 7.82. The molecule has 10 heteroatoms. The lowest BCUT2D eigenvalue weighted by Crippen LogP contribution is -2.30. The number of urea groups is 1. The van der Waals surface area contributed by atoms with Gasteiger partial charge in [0, 0.05) is 23.2 Å². The van der Waals surface area contributed by atoms with Crippen molar-refractivity contribution in [2.45, 2.75) is 52.0 Å². The molecule has 1 heterocycles. The number of imide groups is 1. The Morgan fingerprint density at radius 2 is 2.00 bits per heavy atom. The van der Waals surface area contributed by atoms with E-state index in [1.807, 2.05) is 13.0 Å². The second-order valence-corrected chi connectivity index (χ2v) is 10.7. The fourth-order valence-electron chi connectivity index (χ4n) is 3.40. The monoisotopic (exact) mass is 471 g/mol. The average molecular weight is 472 g/mol. The van der Waals surface area contributed by atoms with Gasteiger partial charge in [0.2, 0.25) is 15.9 Å². The van der Waals surface area contributed by atoms with Crippen LogP contribution in [0.3, 0.4) is 0 Å². The molecule has 31 heavy (non-hydrogen) atoms. The third-order valence-electron chi connectivity index (χ3n) is 5.56. The van der Waals surface area contributed by atoms with E-state index in [-0.39, 0.29) is 24.2 Å².